The van der Waals surface area contributed by atoms with E-state index in [-0.39, 0.29) is 21.1 Å². The van der Waals surface area contributed by atoms with Crippen LogP contribution in [0.3, 0.4) is 0 Å². The van der Waals surface area contributed by atoms with E-state index in [1.807, 2.05) is 0 Å². The number of hydrogen-bond donors (Lipinski definition) is 4. The third kappa shape index (κ3) is 4.15. The number of hydrogen-bond acceptors (Lipinski definition) is 7. The van der Waals surface area contributed by atoms with Crippen molar-refractivity contribution in [2.24, 2.45) is 5.73 Å². The molecule has 0 spiro atoms. The van der Waals surface area contributed by atoms with E-state index in [1.165, 1.54) is 0 Å². The fourth-order valence-corrected chi connectivity index (χ4v) is 3.81. The number of piperidine rings is 1. The molecular formula is C11H17N5O4S2. The van der Waals surface area contributed by atoms with Gasteiger partial charge in [0.2, 0.25) is 14.2 Å². The number of sulfone groups is 1. The van der Waals surface area contributed by atoms with Gasteiger partial charge >= 0.3 is 6.03 Å². The van der Waals surface area contributed by atoms with Crippen LogP contribution in [-0.4, -0.2) is 50.7 Å². The van der Waals surface area contributed by atoms with Crippen LogP contribution in [0.25, 0.3) is 0 Å². The van der Waals surface area contributed by atoms with E-state index in [9.17, 15) is 18.0 Å². The summed E-state index contributed by atoms with van der Waals surface area (Å²) in [4.78, 5) is 27.1. The van der Waals surface area contributed by atoms with Crippen LogP contribution >= 0.6 is 11.3 Å². The lowest BCUT2D eigenvalue weighted by molar-refractivity contribution is 0.0935. The van der Waals surface area contributed by atoms with E-state index in [4.69, 9.17) is 5.73 Å². The first-order valence-electron chi connectivity index (χ1n) is 6.56. The number of carbonyl (C=O) groups excluding carboxylic acids is 2. The minimum absolute atomic E-state index is 0.0183. The molecule has 2 rings (SSSR count). The Morgan fingerprint density at radius 1 is 1.45 bits per heavy atom. The highest BCUT2D eigenvalue weighted by Crippen LogP contribution is 2.26. The fourth-order valence-electron chi connectivity index (χ4n) is 2.04. The van der Waals surface area contributed by atoms with Crippen molar-refractivity contribution < 1.29 is 18.0 Å². The van der Waals surface area contributed by atoms with Crippen molar-refractivity contribution in [2.45, 2.75) is 23.2 Å². The van der Waals surface area contributed by atoms with E-state index in [0.29, 0.717) is 17.9 Å². The second-order valence-corrected chi connectivity index (χ2v) is 8.12. The molecule has 0 bridgehead atoms. The van der Waals surface area contributed by atoms with Gasteiger partial charge < -0.3 is 16.4 Å². The summed E-state index contributed by atoms with van der Waals surface area (Å²) in [5.41, 5.74) is 5.02. The molecule has 2 heterocycles. The number of urea groups is 1. The molecular weight excluding hydrogens is 330 g/mol. The molecule has 1 aliphatic rings. The maximum Gasteiger partial charge on any atom is 0.317 e. The highest BCUT2D eigenvalue weighted by atomic mass is 32.2. The van der Waals surface area contributed by atoms with Crippen LogP contribution in [0.5, 0.6) is 0 Å². The average Bonchev–Trinajstić information content (AvgIpc) is 2.83. The van der Waals surface area contributed by atoms with Crippen LogP contribution in [0.1, 0.15) is 22.5 Å². The first-order chi connectivity index (χ1) is 10.3. The summed E-state index contributed by atoms with van der Waals surface area (Å²) >= 11 is 0.703. The second-order valence-electron chi connectivity index (χ2n) is 4.94. The molecule has 22 heavy (non-hydrogen) atoms. The van der Waals surface area contributed by atoms with E-state index < -0.39 is 21.8 Å². The smallest absolute Gasteiger partial charge is 0.317 e. The highest BCUT2D eigenvalue weighted by molar-refractivity contribution is 7.92. The largest absolute Gasteiger partial charge is 0.351 e. The molecule has 0 saturated carbocycles. The summed E-state index contributed by atoms with van der Waals surface area (Å²) in [6.45, 7) is 1.54. The summed E-state index contributed by atoms with van der Waals surface area (Å²) in [6.07, 6.45) is 2.75. The molecule has 1 atom stereocenters. The maximum absolute atomic E-state index is 12.3. The Bertz CT molecular complexity index is 679. The van der Waals surface area contributed by atoms with Gasteiger partial charge in [0.25, 0.3) is 5.91 Å². The van der Waals surface area contributed by atoms with Gasteiger partial charge in [0.1, 0.15) is 4.88 Å². The zero-order valence-electron chi connectivity index (χ0n) is 11.9. The molecule has 1 aromatic heterocycles. The van der Waals surface area contributed by atoms with Crippen LogP contribution in [-0.2, 0) is 9.84 Å². The predicted molar refractivity (Wildman–Crippen MR) is 81.8 cm³/mol. The van der Waals surface area contributed by atoms with Crippen LogP contribution in [0.15, 0.2) is 4.34 Å². The monoisotopic (exact) mass is 347 g/mol. The molecule has 3 amide bonds. The molecule has 5 N–H and O–H groups in total. The number of nitrogens with two attached hydrogens (primary N) is 1. The molecule has 1 saturated heterocycles. The normalized spacial score (nSPS) is 18.7. The lowest BCUT2D eigenvalue weighted by atomic mass is 10.1. The number of thiazole rings is 1. The molecule has 1 aliphatic heterocycles. The molecule has 122 valence electrons. The Hall–Kier alpha value is -1.72. The summed E-state index contributed by atoms with van der Waals surface area (Å²) in [5.74, 6) is -0.621. The Morgan fingerprint density at radius 2 is 2.18 bits per heavy atom. The number of amides is 3. The minimum Gasteiger partial charge on any atom is -0.351 e. The quantitative estimate of drug-likeness (QED) is 0.579. The first-order valence-corrected chi connectivity index (χ1v) is 9.27. The average molecular weight is 347 g/mol. The van der Waals surface area contributed by atoms with Crippen molar-refractivity contribution in [1.29, 1.82) is 0 Å². The third-order valence-corrected chi connectivity index (χ3v) is 5.74. The van der Waals surface area contributed by atoms with Gasteiger partial charge in [-0.25, -0.2) is 18.2 Å². The number of nitrogens with zero attached hydrogens (tertiary/aromatic N) is 1. The minimum atomic E-state index is -3.58. The van der Waals surface area contributed by atoms with E-state index >= 15 is 0 Å². The Balaban J connectivity index is 2.24. The zero-order valence-corrected chi connectivity index (χ0v) is 13.5. The van der Waals surface area contributed by atoms with E-state index in [0.717, 1.165) is 25.6 Å². The van der Waals surface area contributed by atoms with Crippen LogP contribution in [0.4, 0.5) is 10.6 Å². The molecule has 1 fully saturated rings. The topological polar surface area (TPSA) is 143 Å². The molecule has 0 radical (unpaired) electrons. The number of carbonyl (C=O) groups is 2. The SMILES string of the molecule is CS(=O)(=O)c1nc(NC(N)=O)c(C(=O)N[C@H]2CCCNC2)s1. The van der Waals surface area contributed by atoms with Gasteiger partial charge in [0, 0.05) is 18.8 Å². The molecule has 1 aromatic rings. The highest BCUT2D eigenvalue weighted by Gasteiger charge is 2.25. The van der Waals surface area contributed by atoms with Gasteiger partial charge in [-0.05, 0) is 19.4 Å². The summed E-state index contributed by atoms with van der Waals surface area (Å²) < 4.78 is 22.9. The Morgan fingerprint density at radius 3 is 2.73 bits per heavy atom. The standard InChI is InChI=1S/C11H17N5O4S2/c1-22(19,20)11-16-8(15-10(12)18)7(21-11)9(17)14-6-3-2-4-13-5-6/h6,13H,2-5H2,1H3,(H,14,17)(H3,12,15,18)/t6-/m0/s1. The lowest BCUT2D eigenvalue weighted by Crippen LogP contribution is -2.45. The van der Waals surface area contributed by atoms with E-state index in [2.05, 4.69) is 20.9 Å². The lowest BCUT2D eigenvalue weighted by Gasteiger charge is -2.23. The van der Waals surface area contributed by atoms with Crippen LogP contribution < -0.4 is 21.7 Å². The Labute approximate surface area is 131 Å². The van der Waals surface area contributed by atoms with Gasteiger partial charge in [-0.2, -0.15) is 0 Å². The number of rotatable bonds is 4. The Kier molecular flexibility index (Phi) is 4.98. The van der Waals surface area contributed by atoms with Crippen molar-refractivity contribution in [1.82, 2.24) is 15.6 Å². The maximum atomic E-state index is 12.3. The number of primary amides is 1. The number of anilines is 1. The van der Waals surface area contributed by atoms with Gasteiger partial charge in [0.15, 0.2) is 5.82 Å². The van der Waals surface area contributed by atoms with Crippen molar-refractivity contribution in [2.75, 3.05) is 24.7 Å². The van der Waals surface area contributed by atoms with Gasteiger partial charge in [-0.15, -0.1) is 0 Å². The summed E-state index contributed by atoms with van der Waals surface area (Å²) in [7, 11) is -3.58. The van der Waals surface area contributed by atoms with Gasteiger partial charge in [-0.1, -0.05) is 11.3 Å². The van der Waals surface area contributed by atoms with Crippen molar-refractivity contribution in [3.63, 3.8) is 0 Å². The van der Waals surface area contributed by atoms with Gasteiger partial charge in [0.05, 0.1) is 0 Å². The van der Waals surface area contributed by atoms with E-state index in [1.54, 1.807) is 0 Å². The van der Waals surface area contributed by atoms with Gasteiger partial charge in [-0.3, -0.25) is 10.1 Å². The van der Waals surface area contributed by atoms with Crippen molar-refractivity contribution >= 4 is 38.9 Å². The van der Waals surface area contributed by atoms with Crippen molar-refractivity contribution in [3.8, 4) is 0 Å². The third-order valence-electron chi connectivity index (χ3n) is 3.00. The molecule has 9 nitrogen and oxygen atoms in total. The van der Waals surface area contributed by atoms with Crippen LogP contribution in [0.2, 0.25) is 0 Å². The molecule has 0 aromatic carbocycles. The number of nitrogens with one attached hydrogen (secondary N) is 3. The molecule has 0 aliphatic carbocycles. The first kappa shape index (κ1) is 16.6. The van der Waals surface area contributed by atoms with Crippen LogP contribution in [0, 0.1) is 0 Å². The predicted octanol–water partition coefficient (Wildman–Crippen LogP) is -0.481. The zero-order chi connectivity index (χ0) is 16.3. The number of aromatic nitrogens is 1. The molecule has 0 unspecified atom stereocenters. The van der Waals surface area contributed by atoms with Crippen molar-refractivity contribution in [3.05, 3.63) is 4.88 Å². The summed E-state index contributed by atoms with van der Waals surface area (Å²) in [6, 6.07) is -0.967. The fraction of sp³-hybridized carbons (Fsp3) is 0.545. The second kappa shape index (κ2) is 6.58. The molecule has 11 heteroatoms. The summed E-state index contributed by atoms with van der Waals surface area (Å²) in [5, 5.41) is 8.13.